The molecule has 0 spiro atoms. The average molecular weight is 364 g/mol. The molecule has 0 bridgehead atoms. The second-order valence-corrected chi connectivity index (χ2v) is 8.36. The molecule has 0 aromatic carbocycles. The Morgan fingerprint density at radius 2 is 2.30 bits per heavy atom. The van der Waals surface area contributed by atoms with Crippen LogP contribution in [0.4, 0.5) is 0 Å². The summed E-state index contributed by atoms with van der Waals surface area (Å²) in [6, 6.07) is -0.244. The minimum absolute atomic E-state index is 0.0200. The number of carbonyl (C=O) groups excluding carboxylic acids is 1. The van der Waals surface area contributed by atoms with E-state index in [0.717, 1.165) is 0 Å². The lowest BCUT2D eigenvalue weighted by atomic mass is 10.1. The molecule has 6 nitrogen and oxygen atoms in total. The van der Waals surface area contributed by atoms with Gasteiger partial charge in [-0.1, -0.05) is 0 Å². The maximum atomic E-state index is 12.4. The largest absolute Gasteiger partial charge is 0.312 e. The van der Waals surface area contributed by atoms with Crippen molar-refractivity contribution in [1.29, 1.82) is 0 Å². The standard InChI is InChI=1S/C12H18BrN3O3S/c1-8(2)16-12(10(13)6-15-16)11(17)5-9-7-20(18,19)4-3-14-9/h6,8-9,14H,3-5,7H2,1-2H3. The minimum atomic E-state index is -3.03. The van der Waals surface area contributed by atoms with Crippen LogP contribution < -0.4 is 5.32 Å². The van der Waals surface area contributed by atoms with Crippen molar-refractivity contribution in [2.75, 3.05) is 18.1 Å². The van der Waals surface area contributed by atoms with Gasteiger partial charge in [0.2, 0.25) is 0 Å². The third kappa shape index (κ3) is 3.48. The van der Waals surface area contributed by atoms with Crippen LogP contribution >= 0.6 is 15.9 Å². The van der Waals surface area contributed by atoms with E-state index in [1.54, 1.807) is 10.9 Å². The highest BCUT2D eigenvalue weighted by Gasteiger charge is 2.28. The van der Waals surface area contributed by atoms with E-state index >= 15 is 0 Å². The van der Waals surface area contributed by atoms with Crippen molar-refractivity contribution in [3.63, 3.8) is 0 Å². The molecule has 0 saturated carbocycles. The van der Waals surface area contributed by atoms with Crippen LogP contribution in [-0.2, 0) is 9.84 Å². The van der Waals surface area contributed by atoms with E-state index in [4.69, 9.17) is 0 Å². The predicted molar refractivity (Wildman–Crippen MR) is 79.7 cm³/mol. The van der Waals surface area contributed by atoms with Gasteiger partial charge in [-0.25, -0.2) is 8.42 Å². The Morgan fingerprint density at radius 3 is 2.90 bits per heavy atom. The number of Topliss-reactive ketones (excluding diaryl/α,β-unsaturated/α-hetero) is 1. The van der Waals surface area contributed by atoms with Crippen LogP contribution in [0.3, 0.4) is 0 Å². The van der Waals surface area contributed by atoms with E-state index in [9.17, 15) is 13.2 Å². The van der Waals surface area contributed by atoms with Gasteiger partial charge in [0.25, 0.3) is 0 Å². The first-order valence-corrected chi connectivity index (χ1v) is 9.11. The summed E-state index contributed by atoms with van der Waals surface area (Å²) in [5.74, 6) is 0.0648. The van der Waals surface area contributed by atoms with Crippen molar-refractivity contribution in [3.05, 3.63) is 16.4 Å². The Morgan fingerprint density at radius 1 is 1.60 bits per heavy atom. The zero-order chi connectivity index (χ0) is 14.9. The molecule has 1 aliphatic heterocycles. The number of nitrogens with one attached hydrogen (secondary N) is 1. The fourth-order valence-corrected chi connectivity index (χ4v) is 4.25. The summed E-state index contributed by atoms with van der Waals surface area (Å²) < 4.78 is 25.5. The first-order valence-electron chi connectivity index (χ1n) is 6.50. The third-order valence-electron chi connectivity index (χ3n) is 3.24. The van der Waals surface area contributed by atoms with Crippen molar-refractivity contribution in [2.45, 2.75) is 32.4 Å². The quantitative estimate of drug-likeness (QED) is 0.812. The van der Waals surface area contributed by atoms with E-state index in [2.05, 4.69) is 26.3 Å². The van der Waals surface area contributed by atoms with Crippen molar-refractivity contribution < 1.29 is 13.2 Å². The summed E-state index contributed by atoms with van der Waals surface area (Å²) in [5, 5.41) is 7.26. The molecule has 20 heavy (non-hydrogen) atoms. The average Bonchev–Trinajstić information content (AvgIpc) is 2.69. The first kappa shape index (κ1) is 15.7. The van der Waals surface area contributed by atoms with Gasteiger partial charge in [0.15, 0.2) is 15.6 Å². The van der Waals surface area contributed by atoms with Crippen LogP contribution in [0.1, 0.15) is 36.8 Å². The number of aromatic nitrogens is 2. The molecule has 0 radical (unpaired) electrons. The van der Waals surface area contributed by atoms with Gasteiger partial charge in [0.1, 0.15) is 5.69 Å². The molecular weight excluding hydrogens is 346 g/mol. The van der Waals surface area contributed by atoms with Crippen molar-refractivity contribution in [3.8, 4) is 0 Å². The molecule has 0 amide bonds. The zero-order valence-electron chi connectivity index (χ0n) is 11.5. The number of nitrogens with zero attached hydrogens (tertiary/aromatic N) is 2. The molecule has 1 N–H and O–H groups in total. The minimum Gasteiger partial charge on any atom is -0.312 e. The fourth-order valence-electron chi connectivity index (χ4n) is 2.31. The van der Waals surface area contributed by atoms with Gasteiger partial charge in [-0.05, 0) is 29.8 Å². The van der Waals surface area contributed by atoms with Crippen LogP contribution in [0.25, 0.3) is 0 Å². The Labute approximate surface area is 127 Å². The second-order valence-electron chi connectivity index (χ2n) is 5.27. The molecule has 2 heterocycles. The predicted octanol–water partition coefficient (Wildman–Crippen LogP) is 1.19. The smallest absolute Gasteiger partial charge is 0.183 e. The topological polar surface area (TPSA) is 81.1 Å². The lowest BCUT2D eigenvalue weighted by Crippen LogP contribution is -2.46. The number of hydrogen-bond donors (Lipinski definition) is 1. The maximum absolute atomic E-state index is 12.4. The molecule has 2 rings (SSSR count). The Balaban J connectivity index is 2.15. The second kappa shape index (κ2) is 5.95. The molecule has 1 atom stereocenters. The third-order valence-corrected chi connectivity index (χ3v) is 5.55. The maximum Gasteiger partial charge on any atom is 0.183 e. The summed E-state index contributed by atoms with van der Waals surface area (Å²) in [6.45, 7) is 4.30. The molecule has 1 aromatic rings. The van der Waals surface area contributed by atoms with Gasteiger partial charge in [-0.2, -0.15) is 5.10 Å². The van der Waals surface area contributed by atoms with E-state index in [1.807, 2.05) is 13.8 Å². The number of carbonyl (C=O) groups is 1. The van der Waals surface area contributed by atoms with Crippen molar-refractivity contribution in [1.82, 2.24) is 15.1 Å². The Kier molecular flexibility index (Phi) is 4.66. The van der Waals surface area contributed by atoms with Crippen molar-refractivity contribution >= 4 is 31.6 Å². The summed E-state index contributed by atoms with van der Waals surface area (Å²) >= 11 is 3.33. The first-order chi connectivity index (χ1) is 9.30. The zero-order valence-corrected chi connectivity index (χ0v) is 13.9. The van der Waals surface area contributed by atoms with Gasteiger partial charge >= 0.3 is 0 Å². The van der Waals surface area contributed by atoms with Gasteiger partial charge in [0.05, 0.1) is 22.2 Å². The summed E-state index contributed by atoms with van der Waals surface area (Å²) in [5.41, 5.74) is 0.504. The molecule has 1 aliphatic rings. The van der Waals surface area contributed by atoms with Crippen LogP contribution in [0.15, 0.2) is 10.7 Å². The highest BCUT2D eigenvalue weighted by Crippen LogP contribution is 2.22. The van der Waals surface area contributed by atoms with E-state index in [0.29, 0.717) is 16.7 Å². The number of halogens is 1. The number of rotatable bonds is 4. The highest BCUT2D eigenvalue weighted by atomic mass is 79.9. The number of ketones is 1. The van der Waals surface area contributed by atoms with Gasteiger partial charge in [0, 0.05) is 25.0 Å². The van der Waals surface area contributed by atoms with E-state index < -0.39 is 9.84 Å². The van der Waals surface area contributed by atoms with Gasteiger partial charge in [-0.15, -0.1) is 0 Å². The molecule has 112 valence electrons. The lowest BCUT2D eigenvalue weighted by Gasteiger charge is -2.23. The molecule has 1 saturated heterocycles. The number of hydrogen-bond acceptors (Lipinski definition) is 5. The summed E-state index contributed by atoms with van der Waals surface area (Å²) in [4.78, 5) is 12.4. The lowest BCUT2D eigenvalue weighted by molar-refractivity contribution is 0.0958. The van der Waals surface area contributed by atoms with E-state index in [1.165, 1.54) is 0 Å². The Bertz CT molecular complexity index is 609. The van der Waals surface area contributed by atoms with Crippen LogP contribution in [0.2, 0.25) is 0 Å². The molecular formula is C12H18BrN3O3S. The summed E-state index contributed by atoms with van der Waals surface area (Å²) in [7, 11) is -3.03. The van der Waals surface area contributed by atoms with Crippen LogP contribution in [0, 0.1) is 0 Å². The molecule has 1 fully saturated rings. The van der Waals surface area contributed by atoms with Gasteiger partial charge in [-0.3, -0.25) is 9.48 Å². The summed E-state index contributed by atoms with van der Waals surface area (Å²) in [6.07, 6.45) is 1.76. The fraction of sp³-hybridized carbons (Fsp3) is 0.667. The molecule has 1 unspecified atom stereocenters. The molecule has 1 aromatic heterocycles. The monoisotopic (exact) mass is 363 g/mol. The van der Waals surface area contributed by atoms with Crippen molar-refractivity contribution in [2.24, 2.45) is 0 Å². The molecule has 8 heteroatoms. The van der Waals surface area contributed by atoms with Crippen LogP contribution in [-0.4, -0.2) is 48.1 Å². The highest BCUT2D eigenvalue weighted by molar-refractivity contribution is 9.10. The molecule has 0 aliphatic carbocycles. The van der Waals surface area contributed by atoms with E-state index in [-0.39, 0.29) is 35.8 Å². The number of sulfone groups is 1. The van der Waals surface area contributed by atoms with Crippen LogP contribution in [0.5, 0.6) is 0 Å². The Hall–Kier alpha value is -0.730. The van der Waals surface area contributed by atoms with Gasteiger partial charge < -0.3 is 5.32 Å². The normalized spacial score (nSPS) is 22.1. The SMILES string of the molecule is CC(C)n1ncc(Br)c1C(=O)CC1CS(=O)(=O)CCN1.